The monoisotopic (exact) mass is 333 g/mol. The molecule has 0 saturated heterocycles. The van der Waals surface area contributed by atoms with Crippen molar-refractivity contribution in [2.75, 3.05) is 0 Å². The first-order valence-corrected chi connectivity index (χ1v) is 7.50. The van der Waals surface area contributed by atoms with Crippen molar-refractivity contribution >= 4 is 12.2 Å². The van der Waals surface area contributed by atoms with E-state index in [0.29, 0.717) is 11.8 Å². The lowest BCUT2D eigenvalue weighted by molar-refractivity contribution is -0.108. The average Bonchev–Trinajstić information content (AvgIpc) is 2.85. The van der Waals surface area contributed by atoms with Gasteiger partial charge >= 0.3 is 0 Å². The summed E-state index contributed by atoms with van der Waals surface area (Å²) in [6.07, 6.45) is 0.993. The Balaban J connectivity index is 2.00. The van der Waals surface area contributed by atoms with Crippen molar-refractivity contribution in [2.24, 2.45) is 0 Å². The summed E-state index contributed by atoms with van der Waals surface area (Å²) in [6, 6.07) is 6.71. The van der Waals surface area contributed by atoms with Crippen molar-refractivity contribution in [3.05, 3.63) is 70.5 Å². The molecule has 24 heavy (non-hydrogen) atoms. The topological polar surface area (TPSA) is 37.4 Å². The molecule has 0 spiro atoms. The van der Waals surface area contributed by atoms with Crippen LogP contribution in [0, 0.1) is 17.5 Å². The molecule has 6 heteroatoms. The molecule has 3 nitrogen and oxygen atoms in total. The molecule has 0 saturated carbocycles. The van der Waals surface area contributed by atoms with Crippen molar-refractivity contribution in [1.29, 1.82) is 0 Å². The minimum atomic E-state index is -0.783. The summed E-state index contributed by atoms with van der Waals surface area (Å²) < 4.78 is 41.3. The fraction of sp³-hybridized carbons (Fsp3) is 0.222. The Morgan fingerprint density at radius 2 is 1.67 bits per heavy atom. The lowest BCUT2D eigenvalue weighted by atomic mass is 9.99. The van der Waals surface area contributed by atoms with E-state index < -0.39 is 29.4 Å². The number of benzene rings is 2. The minimum Gasteiger partial charge on any atom is -0.327 e. The Hall–Kier alpha value is -2.63. The highest BCUT2D eigenvalue weighted by molar-refractivity contribution is 5.99. The van der Waals surface area contributed by atoms with Crippen LogP contribution in [0.15, 0.2) is 36.4 Å². The van der Waals surface area contributed by atoms with E-state index in [-0.39, 0.29) is 30.5 Å². The Morgan fingerprint density at radius 3 is 2.33 bits per heavy atom. The fourth-order valence-corrected chi connectivity index (χ4v) is 3.05. The SMILES string of the molecule is O=CCCC1c2c(F)ccc(F)c2C(=O)N1Cc1ccc(F)cc1. The van der Waals surface area contributed by atoms with E-state index in [2.05, 4.69) is 0 Å². The van der Waals surface area contributed by atoms with Gasteiger partial charge in [0.05, 0.1) is 11.6 Å². The zero-order valence-corrected chi connectivity index (χ0v) is 12.6. The van der Waals surface area contributed by atoms with E-state index in [9.17, 15) is 22.8 Å². The molecule has 1 aliphatic rings. The summed E-state index contributed by atoms with van der Waals surface area (Å²) >= 11 is 0. The summed E-state index contributed by atoms with van der Waals surface area (Å²) in [5, 5.41) is 0. The first-order chi connectivity index (χ1) is 11.5. The van der Waals surface area contributed by atoms with Crippen molar-refractivity contribution in [3.8, 4) is 0 Å². The lowest BCUT2D eigenvalue weighted by Gasteiger charge is -2.25. The summed E-state index contributed by atoms with van der Waals surface area (Å²) in [5.74, 6) is -2.49. The van der Waals surface area contributed by atoms with Crippen LogP contribution in [0.2, 0.25) is 0 Å². The number of hydrogen-bond donors (Lipinski definition) is 0. The number of rotatable bonds is 5. The van der Waals surface area contributed by atoms with Gasteiger partial charge in [0.15, 0.2) is 0 Å². The van der Waals surface area contributed by atoms with Gasteiger partial charge in [0.25, 0.3) is 5.91 Å². The van der Waals surface area contributed by atoms with Gasteiger partial charge in [-0.25, -0.2) is 13.2 Å². The van der Waals surface area contributed by atoms with Crippen molar-refractivity contribution < 1.29 is 22.8 Å². The molecule has 0 N–H and O–H groups in total. The maximum Gasteiger partial charge on any atom is 0.258 e. The van der Waals surface area contributed by atoms with Gasteiger partial charge in [-0.15, -0.1) is 0 Å². The molecule has 2 aromatic rings. The number of amides is 1. The van der Waals surface area contributed by atoms with Crippen LogP contribution in [0.25, 0.3) is 0 Å². The molecule has 0 radical (unpaired) electrons. The molecule has 0 aliphatic carbocycles. The first-order valence-electron chi connectivity index (χ1n) is 7.50. The zero-order chi connectivity index (χ0) is 17.3. The van der Waals surface area contributed by atoms with Crippen LogP contribution in [0.5, 0.6) is 0 Å². The van der Waals surface area contributed by atoms with E-state index in [0.717, 1.165) is 12.1 Å². The Kier molecular flexibility index (Phi) is 4.38. The number of carbonyl (C=O) groups excluding carboxylic acids is 2. The number of carbonyl (C=O) groups is 2. The molecular formula is C18H14F3NO2. The molecule has 3 rings (SSSR count). The Labute approximate surface area is 136 Å². The van der Waals surface area contributed by atoms with Gasteiger partial charge in [-0.1, -0.05) is 12.1 Å². The highest BCUT2D eigenvalue weighted by Gasteiger charge is 2.40. The largest absolute Gasteiger partial charge is 0.327 e. The van der Waals surface area contributed by atoms with Gasteiger partial charge in [0.1, 0.15) is 23.7 Å². The second kappa shape index (κ2) is 6.47. The molecule has 1 aliphatic heterocycles. The van der Waals surface area contributed by atoms with Gasteiger partial charge < -0.3 is 9.69 Å². The molecule has 1 amide bonds. The van der Waals surface area contributed by atoms with Crippen LogP contribution in [-0.4, -0.2) is 17.1 Å². The molecule has 0 aromatic heterocycles. The number of nitrogens with zero attached hydrogens (tertiary/aromatic N) is 1. The molecular weight excluding hydrogens is 319 g/mol. The van der Waals surface area contributed by atoms with Crippen molar-refractivity contribution in [1.82, 2.24) is 4.90 Å². The van der Waals surface area contributed by atoms with Gasteiger partial charge in [-0.3, -0.25) is 4.79 Å². The molecule has 2 aromatic carbocycles. The van der Waals surface area contributed by atoms with Crippen LogP contribution < -0.4 is 0 Å². The number of aldehydes is 1. The normalized spacial score (nSPS) is 16.4. The summed E-state index contributed by atoms with van der Waals surface area (Å²) in [5.41, 5.74) is 0.339. The lowest BCUT2D eigenvalue weighted by Crippen LogP contribution is -2.28. The average molecular weight is 333 g/mol. The molecule has 0 fully saturated rings. The van der Waals surface area contributed by atoms with E-state index in [1.54, 1.807) is 0 Å². The quantitative estimate of drug-likeness (QED) is 0.781. The van der Waals surface area contributed by atoms with Gasteiger partial charge in [-0.05, 0) is 36.2 Å². The zero-order valence-electron chi connectivity index (χ0n) is 12.6. The van der Waals surface area contributed by atoms with Crippen LogP contribution >= 0.6 is 0 Å². The van der Waals surface area contributed by atoms with Gasteiger partial charge in [-0.2, -0.15) is 0 Å². The third kappa shape index (κ3) is 2.79. The molecule has 0 bridgehead atoms. The number of hydrogen-bond acceptors (Lipinski definition) is 2. The second-order valence-corrected chi connectivity index (χ2v) is 5.64. The summed E-state index contributed by atoms with van der Waals surface area (Å²) in [6.45, 7) is 0.0796. The highest BCUT2D eigenvalue weighted by Crippen LogP contribution is 2.40. The summed E-state index contributed by atoms with van der Waals surface area (Å²) in [7, 11) is 0. The maximum absolute atomic E-state index is 14.2. The predicted molar refractivity (Wildman–Crippen MR) is 80.7 cm³/mol. The van der Waals surface area contributed by atoms with Gasteiger partial charge in [0.2, 0.25) is 0 Å². The number of fused-ring (bicyclic) bond motifs is 1. The molecule has 124 valence electrons. The smallest absolute Gasteiger partial charge is 0.258 e. The van der Waals surface area contributed by atoms with Crippen LogP contribution in [0.1, 0.15) is 40.4 Å². The standard InChI is InChI=1S/C18H14F3NO2/c19-12-5-3-11(4-6-12)10-22-15(2-1-9-23)16-13(20)7-8-14(21)17(16)18(22)24/h3-9,15H,1-2,10H2. The predicted octanol–water partition coefficient (Wildman–Crippen LogP) is 3.78. The minimum absolute atomic E-state index is 0.0102. The first kappa shape index (κ1) is 16.2. The maximum atomic E-state index is 14.2. The van der Waals surface area contributed by atoms with Crippen LogP contribution in [0.3, 0.4) is 0 Å². The third-order valence-electron chi connectivity index (χ3n) is 4.15. The third-order valence-corrected chi connectivity index (χ3v) is 4.15. The molecule has 1 atom stereocenters. The number of halogens is 3. The molecule has 1 heterocycles. The van der Waals surface area contributed by atoms with E-state index >= 15 is 0 Å². The van der Waals surface area contributed by atoms with E-state index in [1.807, 2.05) is 0 Å². The second-order valence-electron chi connectivity index (χ2n) is 5.64. The Bertz CT molecular complexity index is 790. The van der Waals surface area contributed by atoms with Crippen LogP contribution in [0.4, 0.5) is 13.2 Å². The Morgan fingerprint density at radius 1 is 1.00 bits per heavy atom. The molecule has 1 unspecified atom stereocenters. The van der Waals surface area contributed by atoms with E-state index in [1.165, 1.54) is 29.2 Å². The van der Waals surface area contributed by atoms with Gasteiger partial charge in [0, 0.05) is 18.5 Å². The van der Waals surface area contributed by atoms with E-state index in [4.69, 9.17) is 0 Å². The summed E-state index contributed by atoms with van der Waals surface area (Å²) in [4.78, 5) is 24.6. The highest BCUT2D eigenvalue weighted by atomic mass is 19.1. The van der Waals surface area contributed by atoms with Crippen molar-refractivity contribution in [2.45, 2.75) is 25.4 Å². The van der Waals surface area contributed by atoms with Crippen molar-refractivity contribution in [3.63, 3.8) is 0 Å². The van der Waals surface area contributed by atoms with Crippen LogP contribution in [-0.2, 0) is 11.3 Å². The fourth-order valence-electron chi connectivity index (χ4n) is 3.05.